The number of amides is 2. The van der Waals surface area contributed by atoms with Gasteiger partial charge in [-0.15, -0.1) is 0 Å². The van der Waals surface area contributed by atoms with Gasteiger partial charge in [0.05, 0.1) is 24.0 Å². The third-order valence-corrected chi connectivity index (χ3v) is 8.81. The Labute approximate surface area is 149 Å². The molecule has 7 fully saturated rings. The second kappa shape index (κ2) is 4.88. The molecule has 3 aliphatic heterocycles. The van der Waals surface area contributed by atoms with Crippen molar-refractivity contribution in [3.63, 3.8) is 0 Å². The first-order valence-corrected chi connectivity index (χ1v) is 10.6. The van der Waals surface area contributed by atoms with Crippen LogP contribution in [0.2, 0.25) is 0 Å². The van der Waals surface area contributed by atoms with Gasteiger partial charge in [0.15, 0.2) is 0 Å². The molecular weight excluding hydrogens is 314 g/mol. The molecule has 136 valence electrons. The fraction of sp³-hybridized carbons (Fsp3) is 0.905. The zero-order valence-electron chi connectivity index (χ0n) is 15.2. The first kappa shape index (κ1) is 15.2. The van der Waals surface area contributed by atoms with E-state index in [-0.39, 0.29) is 47.3 Å². The normalized spacial score (nSPS) is 53.8. The number of likely N-dealkylation sites (tertiary alicyclic amines) is 1. The summed E-state index contributed by atoms with van der Waals surface area (Å²) in [6, 6.07) is 0.144. The molecule has 25 heavy (non-hydrogen) atoms. The van der Waals surface area contributed by atoms with Crippen LogP contribution >= 0.6 is 0 Å². The zero-order chi connectivity index (χ0) is 16.9. The molecule has 6 bridgehead atoms. The molecule has 3 saturated heterocycles. The molecule has 0 aromatic carbocycles. The van der Waals surface area contributed by atoms with Gasteiger partial charge in [0.1, 0.15) is 0 Å². The number of fused-ring (bicyclic) bond motifs is 5. The number of nitrogens with zero attached hydrogens (tertiary/aromatic N) is 1. The minimum Gasteiger partial charge on any atom is -0.373 e. The summed E-state index contributed by atoms with van der Waals surface area (Å²) in [6.07, 6.45) is 10.9. The zero-order valence-corrected chi connectivity index (χ0v) is 15.2. The van der Waals surface area contributed by atoms with Crippen molar-refractivity contribution in [3.8, 4) is 0 Å². The predicted octanol–water partition coefficient (Wildman–Crippen LogP) is 3.14. The number of carbonyl (C=O) groups is 2. The molecule has 2 amide bonds. The van der Waals surface area contributed by atoms with Gasteiger partial charge in [-0.2, -0.15) is 0 Å². The number of hydrogen-bond donors (Lipinski definition) is 0. The van der Waals surface area contributed by atoms with E-state index in [0.29, 0.717) is 0 Å². The molecule has 3 heterocycles. The van der Waals surface area contributed by atoms with Gasteiger partial charge >= 0.3 is 0 Å². The highest BCUT2D eigenvalue weighted by molar-refractivity contribution is 6.06. The summed E-state index contributed by atoms with van der Waals surface area (Å²) in [7, 11) is 0. The largest absolute Gasteiger partial charge is 0.373 e. The lowest BCUT2D eigenvalue weighted by Crippen LogP contribution is -2.58. The number of rotatable bonds is 3. The molecule has 0 unspecified atom stereocenters. The summed E-state index contributed by atoms with van der Waals surface area (Å²) < 4.78 is 5.92. The van der Waals surface area contributed by atoms with Gasteiger partial charge in [-0.3, -0.25) is 14.5 Å². The first-order chi connectivity index (χ1) is 12.1. The lowest BCUT2D eigenvalue weighted by molar-refractivity contribution is -0.157. The van der Waals surface area contributed by atoms with E-state index in [0.717, 1.165) is 37.0 Å². The van der Waals surface area contributed by atoms with Gasteiger partial charge in [-0.1, -0.05) is 6.92 Å². The highest BCUT2D eigenvalue weighted by atomic mass is 16.5. The average Bonchev–Trinajstić information content (AvgIpc) is 3.23. The first-order valence-electron chi connectivity index (χ1n) is 10.6. The second-order valence-corrected chi connectivity index (χ2v) is 10.1. The van der Waals surface area contributed by atoms with Crippen LogP contribution in [0.25, 0.3) is 0 Å². The van der Waals surface area contributed by atoms with Gasteiger partial charge in [0.25, 0.3) is 0 Å². The van der Waals surface area contributed by atoms with Crippen LogP contribution in [-0.4, -0.2) is 35.0 Å². The van der Waals surface area contributed by atoms with Gasteiger partial charge in [0, 0.05) is 6.04 Å². The van der Waals surface area contributed by atoms with E-state index in [9.17, 15) is 9.59 Å². The summed E-state index contributed by atoms with van der Waals surface area (Å²) in [5.41, 5.74) is 0.230. The minimum absolute atomic E-state index is 0.0188. The Morgan fingerprint density at radius 1 is 0.960 bits per heavy atom. The molecule has 7 aliphatic rings. The second-order valence-electron chi connectivity index (χ2n) is 10.1. The van der Waals surface area contributed by atoms with E-state index in [1.165, 1.54) is 38.5 Å². The fourth-order valence-electron chi connectivity index (χ4n) is 8.52. The molecule has 0 spiro atoms. The number of carbonyl (C=O) groups excluding carboxylic acids is 2. The summed E-state index contributed by atoms with van der Waals surface area (Å²) in [6.45, 7) is 2.20. The van der Waals surface area contributed by atoms with Crippen molar-refractivity contribution in [3.05, 3.63) is 0 Å². The van der Waals surface area contributed by atoms with Crippen LogP contribution in [-0.2, 0) is 14.3 Å². The Bertz CT molecular complexity index is 580. The van der Waals surface area contributed by atoms with Crippen molar-refractivity contribution in [2.24, 2.45) is 35.0 Å². The van der Waals surface area contributed by atoms with Gasteiger partial charge in [-0.05, 0) is 81.0 Å². The van der Waals surface area contributed by atoms with E-state index in [2.05, 4.69) is 6.92 Å². The number of imide groups is 1. The van der Waals surface area contributed by atoms with E-state index in [1.807, 2.05) is 0 Å². The van der Waals surface area contributed by atoms with E-state index >= 15 is 0 Å². The molecule has 0 aromatic heterocycles. The molecular formula is C21H29NO3. The molecule has 5 atom stereocenters. The lowest BCUT2D eigenvalue weighted by atomic mass is 9.47. The van der Waals surface area contributed by atoms with Crippen molar-refractivity contribution in [2.75, 3.05) is 0 Å². The van der Waals surface area contributed by atoms with Crippen LogP contribution in [0.5, 0.6) is 0 Å². The highest BCUT2D eigenvalue weighted by Crippen LogP contribution is 2.63. The van der Waals surface area contributed by atoms with Crippen LogP contribution in [0.1, 0.15) is 64.7 Å². The van der Waals surface area contributed by atoms with Crippen LogP contribution in [0.4, 0.5) is 0 Å². The molecule has 7 rings (SSSR count). The Balaban J connectivity index is 1.36. The third kappa shape index (κ3) is 1.82. The fourth-order valence-corrected chi connectivity index (χ4v) is 8.52. The van der Waals surface area contributed by atoms with E-state index in [1.54, 1.807) is 4.90 Å². The topological polar surface area (TPSA) is 46.6 Å². The summed E-state index contributed by atoms with van der Waals surface area (Å²) >= 11 is 0. The average molecular weight is 343 g/mol. The van der Waals surface area contributed by atoms with Crippen molar-refractivity contribution >= 4 is 11.8 Å². The van der Waals surface area contributed by atoms with Crippen LogP contribution < -0.4 is 0 Å². The summed E-state index contributed by atoms with van der Waals surface area (Å²) in [5.74, 6) is 2.48. The number of hydrogen-bond acceptors (Lipinski definition) is 3. The Morgan fingerprint density at radius 2 is 1.44 bits per heavy atom. The molecule has 0 radical (unpaired) electrons. The molecule has 0 N–H and O–H groups in total. The molecule has 4 nitrogen and oxygen atoms in total. The molecule has 4 saturated carbocycles. The maximum Gasteiger partial charge on any atom is 0.236 e. The number of ether oxygens (including phenoxy) is 1. The van der Waals surface area contributed by atoms with Crippen molar-refractivity contribution < 1.29 is 14.3 Å². The van der Waals surface area contributed by atoms with Gasteiger partial charge in [-0.25, -0.2) is 0 Å². The van der Waals surface area contributed by atoms with Crippen molar-refractivity contribution in [1.82, 2.24) is 4.90 Å². The third-order valence-electron chi connectivity index (χ3n) is 8.81. The van der Waals surface area contributed by atoms with Crippen LogP contribution in [0.3, 0.4) is 0 Å². The maximum atomic E-state index is 13.3. The highest BCUT2D eigenvalue weighted by Gasteiger charge is 2.65. The van der Waals surface area contributed by atoms with Crippen LogP contribution in [0, 0.1) is 35.0 Å². The van der Waals surface area contributed by atoms with Gasteiger partial charge in [0.2, 0.25) is 11.8 Å². The quantitative estimate of drug-likeness (QED) is 0.740. The van der Waals surface area contributed by atoms with E-state index in [4.69, 9.17) is 4.74 Å². The van der Waals surface area contributed by atoms with Crippen molar-refractivity contribution in [1.29, 1.82) is 0 Å². The maximum absolute atomic E-state index is 13.3. The predicted molar refractivity (Wildman–Crippen MR) is 91.4 cm³/mol. The van der Waals surface area contributed by atoms with E-state index < -0.39 is 0 Å². The lowest BCUT2D eigenvalue weighted by Gasteiger charge is -2.60. The standard InChI is InChI=1S/C21H29NO3/c1-2-16(21-8-11-5-12(9-21)7-13(6-11)10-21)22-19(23)17-14-3-4-15(25-14)18(17)20(22)24/h11-18H,2-10H2,1H3/t11?,12?,13?,14-,15-,16-,17-,18+,21?/m0/s1. The summed E-state index contributed by atoms with van der Waals surface area (Å²) in [4.78, 5) is 28.4. The Hall–Kier alpha value is -0.900. The molecule has 4 heteroatoms. The Morgan fingerprint density at radius 3 is 1.88 bits per heavy atom. The summed E-state index contributed by atoms with van der Waals surface area (Å²) in [5, 5.41) is 0. The van der Waals surface area contributed by atoms with Crippen molar-refractivity contribution in [2.45, 2.75) is 83.0 Å². The molecule has 4 aliphatic carbocycles. The minimum atomic E-state index is -0.158. The SMILES string of the molecule is CC[C@H](N1C(=O)[C@@H]2[C@H](C1=O)[C@@H]1CC[C@@H]2O1)C12CC3CC(CC(C3)C1)C2. The van der Waals surface area contributed by atoms with Crippen LogP contribution in [0.15, 0.2) is 0 Å². The monoisotopic (exact) mass is 343 g/mol. The Kier molecular flexibility index (Phi) is 2.96. The smallest absolute Gasteiger partial charge is 0.236 e. The van der Waals surface area contributed by atoms with Gasteiger partial charge < -0.3 is 4.74 Å². The molecule has 0 aromatic rings.